The molecule has 1 saturated heterocycles. The molecule has 2 aromatic rings. The number of nitrogens with zero attached hydrogens (tertiary/aromatic N) is 1. The summed E-state index contributed by atoms with van der Waals surface area (Å²) >= 11 is 0. The maximum Gasteiger partial charge on any atom is 0.321 e. The molecule has 29 heavy (non-hydrogen) atoms. The zero-order chi connectivity index (χ0) is 20.8. The number of halogens is 1. The minimum absolute atomic E-state index is 0.0348. The van der Waals surface area contributed by atoms with E-state index in [1.54, 1.807) is 18.1 Å². The molecule has 1 fully saturated rings. The van der Waals surface area contributed by atoms with Gasteiger partial charge in [-0.25, -0.2) is 9.18 Å². The minimum Gasteiger partial charge on any atom is -0.497 e. The van der Waals surface area contributed by atoms with Crippen molar-refractivity contribution >= 4 is 23.3 Å². The first kappa shape index (κ1) is 20.6. The van der Waals surface area contributed by atoms with Crippen molar-refractivity contribution in [1.29, 1.82) is 0 Å². The zero-order valence-electron chi connectivity index (χ0n) is 16.7. The number of hydrogen-bond donors (Lipinski definition) is 2. The molecule has 2 aromatic carbocycles. The smallest absolute Gasteiger partial charge is 0.321 e. The zero-order valence-corrected chi connectivity index (χ0v) is 16.7. The lowest BCUT2D eigenvalue weighted by Crippen LogP contribution is -2.43. The number of hydrogen-bond acceptors (Lipinski definition) is 3. The van der Waals surface area contributed by atoms with Crippen molar-refractivity contribution in [3.63, 3.8) is 0 Å². The number of nitrogens with one attached hydrogen (secondary N) is 2. The fraction of sp³-hybridized carbons (Fsp3) is 0.364. The summed E-state index contributed by atoms with van der Waals surface area (Å²) in [5, 5.41) is 5.72. The Hall–Kier alpha value is -3.09. The number of methoxy groups -OCH3 is 1. The largest absolute Gasteiger partial charge is 0.497 e. The molecule has 1 atom stereocenters. The molecule has 0 radical (unpaired) electrons. The molecule has 2 N–H and O–H groups in total. The van der Waals surface area contributed by atoms with Crippen LogP contribution in [0.4, 0.5) is 20.6 Å². The number of rotatable bonds is 5. The van der Waals surface area contributed by atoms with E-state index in [0.29, 0.717) is 30.2 Å². The van der Waals surface area contributed by atoms with Crippen LogP contribution in [-0.2, 0) is 4.79 Å². The van der Waals surface area contributed by atoms with Gasteiger partial charge in [0.2, 0.25) is 5.91 Å². The molecule has 3 rings (SSSR count). The standard InChI is InChI=1S/C22H26FN3O3/c1-15(21(27)24-19-4-3-5-20(14-19)29-2)16-10-12-26(13-11-16)22(28)25-18-8-6-17(23)7-9-18/h3-9,14-16H,10-13H2,1-2H3,(H,24,27)(H,25,28). The van der Waals surface area contributed by atoms with Crippen LogP contribution in [-0.4, -0.2) is 37.0 Å². The van der Waals surface area contributed by atoms with E-state index in [2.05, 4.69) is 10.6 Å². The third-order valence-electron chi connectivity index (χ3n) is 5.38. The van der Waals surface area contributed by atoms with E-state index in [0.717, 1.165) is 12.8 Å². The Labute approximate surface area is 170 Å². The normalized spacial score (nSPS) is 15.5. The van der Waals surface area contributed by atoms with Gasteiger partial charge in [-0.1, -0.05) is 13.0 Å². The number of piperidine rings is 1. The second-order valence-electron chi connectivity index (χ2n) is 7.27. The molecular formula is C22H26FN3O3. The molecule has 1 heterocycles. The number of amides is 3. The summed E-state index contributed by atoms with van der Waals surface area (Å²) in [4.78, 5) is 26.7. The van der Waals surface area contributed by atoms with E-state index in [1.807, 2.05) is 25.1 Å². The first-order chi connectivity index (χ1) is 14.0. The van der Waals surface area contributed by atoms with Crippen LogP contribution in [0, 0.1) is 17.7 Å². The summed E-state index contributed by atoms with van der Waals surface area (Å²) in [6, 6.07) is 12.7. The summed E-state index contributed by atoms with van der Waals surface area (Å²) in [6.45, 7) is 3.08. The summed E-state index contributed by atoms with van der Waals surface area (Å²) in [7, 11) is 1.59. The van der Waals surface area contributed by atoms with Crippen molar-refractivity contribution in [3.8, 4) is 5.75 Å². The molecule has 7 heteroatoms. The van der Waals surface area contributed by atoms with Crippen molar-refractivity contribution in [1.82, 2.24) is 4.90 Å². The Kier molecular flexibility index (Phi) is 6.69. The molecule has 0 aromatic heterocycles. The molecule has 0 saturated carbocycles. The highest BCUT2D eigenvalue weighted by Gasteiger charge is 2.30. The van der Waals surface area contributed by atoms with Crippen LogP contribution in [0.3, 0.4) is 0 Å². The van der Waals surface area contributed by atoms with Gasteiger partial charge in [-0.3, -0.25) is 4.79 Å². The fourth-order valence-electron chi connectivity index (χ4n) is 3.51. The van der Waals surface area contributed by atoms with E-state index < -0.39 is 0 Å². The van der Waals surface area contributed by atoms with Gasteiger partial charge in [0.25, 0.3) is 0 Å². The third-order valence-corrected chi connectivity index (χ3v) is 5.38. The van der Waals surface area contributed by atoms with E-state index >= 15 is 0 Å². The maximum absolute atomic E-state index is 13.0. The van der Waals surface area contributed by atoms with Crippen LogP contribution >= 0.6 is 0 Å². The molecule has 3 amide bonds. The summed E-state index contributed by atoms with van der Waals surface area (Å²) in [5.41, 5.74) is 1.27. The Morgan fingerprint density at radius 2 is 1.76 bits per heavy atom. The highest BCUT2D eigenvalue weighted by molar-refractivity contribution is 5.93. The highest BCUT2D eigenvalue weighted by atomic mass is 19.1. The molecule has 154 valence electrons. The Morgan fingerprint density at radius 3 is 2.41 bits per heavy atom. The SMILES string of the molecule is COc1cccc(NC(=O)C(C)C2CCN(C(=O)Nc3ccc(F)cc3)CC2)c1. The van der Waals surface area contributed by atoms with Gasteiger partial charge in [0.1, 0.15) is 11.6 Å². The van der Waals surface area contributed by atoms with E-state index in [-0.39, 0.29) is 29.6 Å². The number of anilines is 2. The van der Waals surface area contributed by atoms with E-state index in [9.17, 15) is 14.0 Å². The van der Waals surface area contributed by atoms with Gasteiger partial charge in [-0.15, -0.1) is 0 Å². The quantitative estimate of drug-likeness (QED) is 0.785. The lowest BCUT2D eigenvalue weighted by molar-refractivity contribution is -0.121. The molecule has 0 spiro atoms. The maximum atomic E-state index is 13.0. The number of urea groups is 1. The van der Waals surface area contributed by atoms with Crippen LogP contribution in [0.25, 0.3) is 0 Å². The molecular weight excluding hydrogens is 373 g/mol. The highest BCUT2D eigenvalue weighted by Crippen LogP contribution is 2.27. The summed E-state index contributed by atoms with van der Waals surface area (Å²) < 4.78 is 18.2. The van der Waals surface area contributed by atoms with Gasteiger partial charge in [0.05, 0.1) is 7.11 Å². The first-order valence-electron chi connectivity index (χ1n) is 9.72. The predicted molar refractivity (Wildman–Crippen MR) is 111 cm³/mol. The Balaban J connectivity index is 1.49. The molecule has 6 nitrogen and oxygen atoms in total. The van der Waals surface area contributed by atoms with E-state index in [1.165, 1.54) is 24.3 Å². The second-order valence-corrected chi connectivity index (χ2v) is 7.27. The van der Waals surface area contributed by atoms with Gasteiger partial charge in [-0.2, -0.15) is 0 Å². The van der Waals surface area contributed by atoms with Crippen LogP contribution in [0.15, 0.2) is 48.5 Å². The third kappa shape index (κ3) is 5.47. The van der Waals surface area contributed by atoms with Crippen molar-refractivity contribution in [2.45, 2.75) is 19.8 Å². The van der Waals surface area contributed by atoms with Gasteiger partial charge in [-0.05, 0) is 55.2 Å². The molecule has 0 aliphatic carbocycles. The fourth-order valence-corrected chi connectivity index (χ4v) is 3.51. The topological polar surface area (TPSA) is 70.7 Å². The van der Waals surface area contributed by atoms with Crippen molar-refractivity contribution in [2.24, 2.45) is 11.8 Å². The average Bonchev–Trinajstić information content (AvgIpc) is 2.75. The summed E-state index contributed by atoms with van der Waals surface area (Å²) in [6.07, 6.45) is 1.51. The second kappa shape index (κ2) is 9.41. The van der Waals surface area contributed by atoms with E-state index in [4.69, 9.17) is 4.74 Å². The Morgan fingerprint density at radius 1 is 1.07 bits per heavy atom. The van der Waals surface area contributed by atoms with Crippen LogP contribution < -0.4 is 15.4 Å². The summed E-state index contributed by atoms with van der Waals surface area (Å²) in [5.74, 6) is 0.354. The lowest BCUT2D eigenvalue weighted by Gasteiger charge is -2.34. The minimum atomic E-state index is -0.343. The number of likely N-dealkylation sites (tertiary alicyclic amines) is 1. The first-order valence-corrected chi connectivity index (χ1v) is 9.72. The van der Waals surface area contributed by atoms with Gasteiger partial charge < -0.3 is 20.3 Å². The molecule has 1 aliphatic rings. The number of carbonyl (C=O) groups excluding carboxylic acids is 2. The van der Waals surface area contributed by atoms with Crippen LogP contribution in [0.2, 0.25) is 0 Å². The van der Waals surface area contributed by atoms with Crippen LogP contribution in [0.5, 0.6) is 5.75 Å². The number of benzene rings is 2. The number of carbonyl (C=O) groups is 2. The van der Waals surface area contributed by atoms with Crippen molar-refractivity contribution in [2.75, 3.05) is 30.8 Å². The van der Waals surface area contributed by atoms with Crippen LogP contribution in [0.1, 0.15) is 19.8 Å². The predicted octanol–water partition coefficient (Wildman–Crippen LogP) is 4.35. The molecule has 1 unspecified atom stereocenters. The van der Waals surface area contributed by atoms with Gasteiger partial charge in [0, 0.05) is 36.4 Å². The number of ether oxygens (including phenoxy) is 1. The van der Waals surface area contributed by atoms with Crippen molar-refractivity contribution in [3.05, 3.63) is 54.3 Å². The molecule has 0 bridgehead atoms. The lowest BCUT2D eigenvalue weighted by atomic mass is 9.85. The monoisotopic (exact) mass is 399 g/mol. The molecule has 1 aliphatic heterocycles. The van der Waals surface area contributed by atoms with Gasteiger partial charge in [0.15, 0.2) is 0 Å². The van der Waals surface area contributed by atoms with Gasteiger partial charge >= 0.3 is 6.03 Å². The average molecular weight is 399 g/mol. The van der Waals surface area contributed by atoms with Crippen molar-refractivity contribution < 1.29 is 18.7 Å². The Bertz CT molecular complexity index is 849.